The highest BCUT2D eigenvalue weighted by atomic mass is 16.4. The van der Waals surface area contributed by atoms with E-state index in [4.69, 9.17) is 4.42 Å². The van der Waals surface area contributed by atoms with Crippen molar-refractivity contribution in [3.05, 3.63) is 46.6 Å². The fourth-order valence-corrected chi connectivity index (χ4v) is 2.84. The number of allylic oxidation sites excluding steroid dienone is 1. The SMILES string of the molecule is C=C1CC[C@H](n2c(=O)oc3c(C(C)C)cccc32)C(=O)N1.[HH]. The van der Waals surface area contributed by atoms with Crippen molar-refractivity contribution >= 4 is 17.0 Å². The van der Waals surface area contributed by atoms with Crippen molar-refractivity contribution in [2.45, 2.75) is 38.6 Å². The third kappa shape index (κ3) is 2.18. The van der Waals surface area contributed by atoms with Crippen LogP contribution < -0.4 is 11.1 Å². The number of fused-ring (bicyclic) bond motifs is 1. The molecule has 1 saturated heterocycles. The zero-order valence-corrected chi connectivity index (χ0v) is 12.2. The zero-order chi connectivity index (χ0) is 15.1. The van der Waals surface area contributed by atoms with E-state index >= 15 is 0 Å². The minimum atomic E-state index is -0.535. The number of para-hydroxylation sites is 1. The molecule has 0 unspecified atom stereocenters. The first-order valence-corrected chi connectivity index (χ1v) is 7.11. The van der Waals surface area contributed by atoms with Gasteiger partial charge in [0, 0.05) is 7.12 Å². The molecule has 1 fully saturated rings. The average molecular weight is 288 g/mol. The molecule has 1 aliphatic rings. The topological polar surface area (TPSA) is 64.2 Å². The molecule has 3 rings (SSSR count). The third-order valence-electron chi connectivity index (χ3n) is 3.93. The smallest absolute Gasteiger partial charge is 0.407 e. The van der Waals surface area contributed by atoms with Gasteiger partial charge in [0.25, 0.3) is 0 Å². The summed E-state index contributed by atoms with van der Waals surface area (Å²) in [6, 6.07) is 5.13. The highest BCUT2D eigenvalue weighted by Gasteiger charge is 2.29. The first kappa shape index (κ1) is 13.7. The van der Waals surface area contributed by atoms with Crippen molar-refractivity contribution in [2.24, 2.45) is 0 Å². The van der Waals surface area contributed by atoms with Gasteiger partial charge in [-0.15, -0.1) is 0 Å². The monoisotopic (exact) mass is 288 g/mol. The number of nitrogens with one attached hydrogen (secondary N) is 1. The molecule has 2 aromatic rings. The number of hydrogen-bond acceptors (Lipinski definition) is 3. The van der Waals surface area contributed by atoms with Crippen molar-refractivity contribution in [2.75, 3.05) is 0 Å². The number of oxazole rings is 1. The molecule has 21 heavy (non-hydrogen) atoms. The van der Waals surface area contributed by atoms with Crippen molar-refractivity contribution in [3.8, 4) is 0 Å². The minimum absolute atomic E-state index is 0. The summed E-state index contributed by atoms with van der Waals surface area (Å²) >= 11 is 0. The van der Waals surface area contributed by atoms with Gasteiger partial charge in [-0.05, 0) is 30.4 Å². The standard InChI is InChI=1S/C16H18N2O3.H2/c1-9(2)11-5-4-6-12-14(11)21-16(20)18(12)13-8-7-10(3)17-15(13)19;/h4-6,9,13H,3,7-8H2,1-2H3,(H,17,19);1H/t13-;/m0./s1. The summed E-state index contributed by atoms with van der Waals surface area (Å²) in [5.74, 6) is -0.440. The normalized spacial score (nSPS) is 19.3. The summed E-state index contributed by atoms with van der Waals surface area (Å²) in [5, 5.41) is 2.71. The summed E-state index contributed by atoms with van der Waals surface area (Å²) in [6.07, 6.45) is 1.23. The van der Waals surface area contributed by atoms with E-state index < -0.39 is 11.8 Å². The largest absolute Gasteiger partial charge is 0.420 e. The number of carbonyl (C=O) groups is 1. The number of hydrogen-bond donors (Lipinski definition) is 1. The molecule has 1 aromatic heterocycles. The van der Waals surface area contributed by atoms with Gasteiger partial charge in [-0.1, -0.05) is 32.6 Å². The fourth-order valence-electron chi connectivity index (χ4n) is 2.84. The van der Waals surface area contributed by atoms with Gasteiger partial charge >= 0.3 is 5.76 Å². The van der Waals surface area contributed by atoms with Gasteiger partial charge in [0.15, 0.2) is 5.58 Å². The van der Waals surface area contributed by atoms with Crippen molar-refractivity contribution < 1.29 is 10.6 Å². The number of aromatic nitrogens is 1. The molecule has 1 aromatic carbocycles. The van der Waals surface area contributed by atoms with E-state index in [2.05, 4.69) is 11.9 Å². The van der Waals surface area contributed by atoms with Crippen LogP contribution in [-0.2, 0) is 4.79 Å². The van der Waals surface area contributed by atoms with E-state index in [1.165, 1.54) is 4.57 Å². The lowest BCUT2D eigenvalue weighted by Gasteiger charge is -2.23. The van der Waals surface area contributed by atoms with Crippen LogP contribution in [0.5, 0.6) is 0 Å². The van der Waals surface area contributed by atoms with E-state index in [-0.39, 0.29) is 13.3 Å². The number of amides is 1. The molecule has 1 amide bonds. The second-order valence-electron chi connectivity index (χ2n) is 5.74. The molecule has 112 valence electrons. The van der Waals surface area contributed by atoms with Crippen LogP contribution in [0.25, 0.3) is 11.1 Å². The minimum Gasteiger partial charge on any atom is -0.407 e. The molecular formula is C16H20N2O3. The third-order valence-corrected chi connectivity index (χ3v) is 3.93. The number of benzene rings is 1. The van der Waals surface area contributed by atoms with Gasteiger partial charge in [0.2, 0.25) is 5.91 Å². The van der Waals surface area contributed by atoms with Crippen LogP contribution in [0.15, 0.2) is 39.7 Å². The Morgan fingerprint density at radius 2 is 2.19 bits per heavy atom. The summed E-state index contributed by atoms with van der Waals surface area (Å²) < 4.78 is 6.89. The van der Waals surface area contributed by atoms with Crippen molar-refractivity contribution in [3.63, 3.8) is 0 Å². The van der Waals surface area contributed by atoms with E-state index in [0.29, 0.717) is 29.6 Å². The number of carbonyl (C=O) groups excluding carboxylic acids is 1. The predicted octanol–water partition coefficient (Wildman–Crippen LogP) is 2.93. The number of rotatable bonds is 2. The van der Waals surface area contributed by atoms with Gasteiger partial charge in [0.1, 0.15) is 6.04 Å². The maximum absolute atomic E-state index is 12.2. The lowest BCUT2D eigenvalue weighted by Crippen LogP contribution is -2.39. The first-order valence-electron chi connectivity index (χ1n) is 7.11. The van der Waals surface area contributed by atoms with Crippen LogP contribution in [0, 0.1) is 0 Å². The highest BCUT2D eigenvalue weighted by molar-refractivity contribution is 5.86. The lowest BCUT2D eigenvalue weighted by atomic mass is 10.0. The quantitative estimate of drug-likeness (QED) is 0.924. The predicted molar refractivity (Wildman–Crippen MR) is 82.2 cm³/mol. The average Bonchev–Trinajstić information content (AvgIpc) is 2.74. The second kappa shape index (κ2) is 4.91. The molecule has 1 aliphatic heterocycles. The Morgan fingerprint density at radius 3 is 2.86 bits per heavy atom. The van der Waals surface area contributed by atoms with Crippen molar-refractivity contribution in [1.29, 1.82) is 0 Å². The van der Waals surface area contributed by atoms with Crippen LogP contribution in [0.2, 0.25) is 0 Å². The van der Waals surface area contributed by atoms with E-state index in [9.17, 15) is 9.59 Å². The lowest BCUT2D eigenvalue weighted by molar-refractivity contribution is -0.124. The van der Waals surface area contributed by atoms with Gasteiger partial charge < -0.3 is 9.73 Å². The van der Waals surface area contributed by atoms with E-state index in [1.807, 2.05) is 32.0 Å². The number of piperidine rings is 1. The Bertz CT molecular complexity index is 788. The zero-order valence-electron chi connectivity index (χ0n) is 12.2. The first-order chi connectivity index (χ1) is 9.99. The molecule has 2 heterocycles. The van der Waals surface area contributed by atoms with Gasteiger partial charge in [0.05, 0.1) is 5.52 Å². The molecule has 5 heteroatoms. The molecule has 0 spiro atoms. The maximum atomic E-state index is 12.2. The van der Waals surface area contributed by atoms with E-state index in [0.717, 1.165) is 5.56 Å². The molecule has 0 saturated carbocycles. The molecule has 1 N–H and O–H groups in total. The second-order valence-corrected chi connectivity index (χ2v) is 5.74. The molecule has 5 nitrogen and oxygen atoms in total. The Balaban J connectivity index is 0.00000176. The Kier molecular flexibility index (Phi) is 3.20. The molecular weight excluding hydrogens is 268 g/mol. The van der Waals surface area contributed by atoms with E-state index in [1.54, 1.807) is 0 Å². The Morgan fingerprint density at radius 1 is 1.43 bits per heavy atom. The van der Waals surface area contributed by atoms with Gasteiger partial charge in [-0.2, -0.15) is 0 Å². The van der Waals surface area contributed by atoms with Crippen LogP contribution >= 0.6 is 0 Å². The summed E-state index contributed by atoms with van der Waals surface area (Å²) in [5.41, 5.74) is 2.93. The van der Waals surface area contributed by atoms with Crippen LogP contribution in [0.3, 0.4) is 0 Å². The Labute approximate surface area is 123 Å². The van der Waals surface area contributed by atoms with Crippen molar-refractivity contribution in [1.82, 2.24) is 9.88 Å². The molecule has 0 aliphatic carbocycles. The number of nitrogens with zero attached hydrogens (tertiary/aromatic N) is 1. The molecule has 1 atom stereocenters. The molecule has 0 bridgehead atoms. The summed E-state index contributed by atoms with van der Waals surface area (Å²) in [6.45, 7) is 7.85. The summed E-state index contributed by atoms with van der Waals surface area (Å²) in [7, 11) is 0. The van der Waals surface area contributed by atoms with Crippen LogP contribution in [0.4, 0.5) is 0 Å². The molecule has 0 radical (unpaired) electrons. The summed E-state index contributed by atoms with van der Waals surface area (Å²) in [4.78, 5) is 24.4. The van der Waals surface area contributed by atoms with Crippen LogP contribution in [0.1, 0.15) is 45.6 Å². The Hall–Kier alpha value is -2.30. The highest BCUT2D eigenvalue weighted by Crippen LogP contribution is 2.29. The van der Waals surface area contributed by atoms with Gasteiger partial charge in [-0.25, -0.2) is 4.79 Å². The fraction of sp³-hybridized carbons (Fsp3) is 0.375. The van der Waals surface area contributed by atoms with Crippen LogP contribution in [-0.4, -0.2) is 10.5 Å². The van der Waals surface area contributed by atoms with Gasteiger partial charge in [-0.3, -0.25) is 9.36 Å². The maximum Gasteiger partial charge on any atom is 0.420 e.